The first kappa shape index (κ1) is 16.1. The highest BCUT2D eigenvalue weighted by atomic mass is 16.5. The summed E-state index contributed by atoms with van der Waals surface area (Å²) < 4.78 is 5.62. The normalized spacial score (nSPS) is 15.9. The first-order valence-electron chi connectivity index (χ1n) is 7.08. The monoisotopic (exact) mass is 303 g/mol. The van der Waals surface area contributed by atoms with Gasteiger partial charge >= 0.3 is 0 Å². The highest BCUT2D eigenvalue weighted by Crippen LogP contribution is 2.23. The van der Waals surface area contributed by atoms with Gasteiger partial charge in [-0.2, -0.15) is 0 Å². The fraction of sp³-hybridized carbons (Fsp3) is 0.158. The number of ether oxygens (including phenoxy) is 1. The van der Waals surface area contributed by atoms with Crippen LogP contribution in [0.5, 0.6) is 0 Å². The number of rotatable bonds is 3. The van der Waals surface area contributed by atoms with Gasteiger partial charge in [0.1, 0.15) is 11.5 Å². The third-order valence-corrected chi connectivity index (χ3v) is 3.28. The molecule has 4 heteroatoms. The van der Waals surface area contributed by atoms with E-state index in [1.165, 1.54) is 0 Å². The van der Waals surface area contributed by atoms with Crippen LogP contribution in [0.3, 0.4) is 0 Å². The smallest absolute Gasteiger partial charge is 0.269 e. The van der Waals surface area contributed by atoms with E-state index < -0.39 is 0 Å². The molecule has 0 bridgehead atoms. The number of nitriles is 1. The van der Waals surface area contributed by atoms with Gasteiger partial charge in [0.25, 0.3) is 5.70 Å². The lowest BCUT2D eigenvalue weighted by Gasteiger charge is -2.13. The van der Waals surface area contributed by atoms with Crippen LogP contribution in [0.15, 0.2) is 65.3 Å². The molecule has 1 aromatic rings. The van der Waals surface area contributed by atoms with Crippen LogP contribution in [0.25, 0.3) is 10.9 Å². The Labute approximate surface area is 136 Å². The molecule has 0 atom stereocenters. The standard InChI is InChI=1S/C19H17N3O/c1-14-11-16(19(13-20)21-2)12-18(23-14)10-7-15-5-8-17(9-6-15)22(3)4/h5-12H,1,3-4H3/b10-7?,19-16-. The molecule has 0 aromatic heterocycles. The number of nitrogens with zero attached hydrogens (tertiary/aromatic N) is 3. The largest absolute Gasteiger partial charge is 0.462 e. The molecule has 0 N–H and O–H groups in total. The molecular formula is C19H17N3O. The zero-order valence-corrected chi connectivity index (χ0v) is 13.4. The first-order valence-corrected chi connectivity index (χ1v) is 7.08. The van der Waals surface area contributed by atoms with E-state index in [4.69, 9.17) is 16.6 Å². The van der Waals surface area contributed by atoms with E-state index in [1.807, 2.05) is 61.5 Å². The minimum Gasteiger partial charge on any atom is -0.462 e. The van der Waals surface area contributed by atoms with E-state index in [0.29, 0.717) is 17.1 Å². The van der Waals surface area contributed by atoms with Crippen LogP contribution in [0.2, 0.25) is 0 Å². The van der Waals surface area contributed by atoms with Crippen molar-refractivity contribution in [1.82, 2.24) is 0 Å². The van der Waals surface area contributed by atoms with Crippen LogP contribution in [0.4, 0.5) is 5.69 Å². The molecule has 4 nitrogen and oxygen atoms in total. The second-order valence-electron chi connectivity index (χ2n) is 5.25. The minimum atomic E-state index is 0.0638. The van der Waals surface area contributed by atoms with Crippen LogP contribution >= 0.6 is 0 Å². The molecule has 0 spiro atoms. The topological polar surface area (TPSA) is 40.6 Å². The van der Waals surface area contributed by atoms with Gasteiger partial charge in [0.2, 0.25) is 0 Å². The van der Waals surface area contributed by atoms with Crippen molar-refractivity contribution >= 4 is 11.8 Å². The van der Waals surface area contributed by atoms with Gasteiger partial charge in [-0.15, -0.1) is 0 Å². The highest BCUT2D eigenvalue weighted by molar-refractivity contribution is 5.58. The fourth-order valence-corrected chi connectivity index (χ4v) is 2.09. The summed E-state index contributed by atoms with van der Waals surface area (Å²) in [6.45, 7) is 8.84. The lowest BCUT2D eigenvalue weighted by molar-refractivity contribution is 0.318. The molecule has 2 rings (SSSR count). The van der Waals surface area contributed by atoms with E-state index in [0.717, 1.165) is 11.3 Å². The van der Waals surface area contributed by atoms with Gasteiger partial charge in [-0.25, -0.2) is 10.1 Å². The number of allylic oxidation sites excluding steroid dienone is 6. The molecule has 0 amide bonds. The molecular weight excluding hydrogens is 286 g/mol. The van der Waals surface area contributed by atoms with Crippen molar-refractivity contribution in [2.45, 2.75) is 6.92 Å². The summed E-state index contributed by atoms with van der Waals surface area (Å²) in [5.74, 6) is 1.26. The zero-order valence-electron chi connectivity index (χ0n) is 13.4. The summed E-state index contributed by atoms with van der Waals surface area (Å²) >= 11 is 0. The molecule has 1 heterocycles. The Morgan fingerprint density at radius 1 is 1.22 bits per heavy atom. The molecule has 0 saturated carbocycles. The van der Waals surface area contributed by atoms with Crippen LogP contribution in [-0.4, -0.2) is 14.1 Å². The quantitative estimate of drug-likeness (QED) is 0.618. The third kappa shape index (κ3) is 4.12. The molecule has 1 aliphatic rings. The van der Waals surface area contributed by atoms with Gasteiger partial charge in [0.05, 0.1) is 12.6 Å². The Morgan fingerprint density at radius 2 is 1.91 bits per heavy atom. The molecule has 1 aliphatic heterocycles. The van der Waals surface area contributed by atoms with Gasteiger partial charge in [0.15, 0.2) is 0 Å². The van der Waals surface area contributed by atoms with Crippen LogP contribution in [0, 0.1) is 17.9 Å². The van der Waals surface area contributed by atoms with E-state index in [9.17, 15) is 0 Å². The third-order valence-electron chi connectivity index (χ3n) is 3.28. The summed E-state index contributed by atoms with van der Waals surface area (Å²) in [4.78, 5) is 5.28. The Hall–Kier alpha value is -3.24. The van der Waals surface area contributed by atoms with Crippen molar-refractivity contribution in [1.29, 1.82) is 5.26 Å². The number of hydrogen-bond acceptors (Lipinski definition) is 3. The maximum atomic E-state index is 8.99. The molecule has 0 radical (unpaired) electrons. The molecule has 0 aliphatic carbocycles. The molecule has 1 aromatic carbocycles. The van der Waals surface area contributed by atoms with Crippen molar-refractivity contribution in [2.75, 3.05) is 19.0 Å². The summed E-state index contributed by atoms with van der Waals surface area (Å²) in [5.41, 5.74) is 2.82. The summed E-state index contributed by atoms with van der Waals surface area (Å²) in [6.07, 6.45) is 7.17. The van der Waals surface area contributed by atoms with Crippen molar-refractivity contribution in [2.24, 2.45) is 0 Å². The lowest BCUT2D eigenvalue weighted by Crippen LogP contribution is -2.07. The molecule has 0 unspecified atom stereocenters. The second-order valence-corrected chi connectivity index (χ2v) is 5.25. The molecule has 114 valence electrons. The fourth-order valence-electron chi connectivity index (χ4n) is 2.09. The van der Waals surface area contributed by atoms with Gasteiger partial charge in [-0.05, 0) is 48.4 Å². The zero-order chi connectivity index (χ0) is 16.8. The first-order chi connectivity index (χ1) is 11.0. The molecule has 23 heavy (non-hydrogen) atoms. The maximum absolute atomic E-state index is 8.99. The number of anilines is 1. The van der Waals surface area contributed by atoms with E-state index in [-0.39, 0.29) is 5.70 Å². The second kappa shape index (κ2) is 7.15. The predicted octanol–water partition coefficient (Wildman–Crippen LogP) is 4.28. The van der Waals surface area contributed by atoms with Gasteiger partial charge in [0, 0.05) is 19.8 Å². The van der Waals surface area contributed by atoms with Gasteiger partial charge in [-0.1, -0.05) is 18.2 Å². The van der Waals surface area contributed by atoms with Crippen molar-refractivity contribution in [3.8, 4) is 6.07 Å². The average molecular weight is 303 g/mol. The number of benzene rings is 1. The van der Waals surface area contributed by atoms with E-state index in [1.54, 1.807) is 19.1 Å². The van der Waals surface area contributed by atoms with Crippen molar-refractivity contribution in [3.63, 3.8) is 0 Å². The summed E-state index contributed by atoms with van der Waals surface area (Å²) in [5, 5.41) is 8.99. The Bertz CT molecular complexity index is 779. The Morgan fingerprint density at radius 3 is 2.48 bits per heavy atom. The van der Waals surface area contributed by atoms with Crippen LogP contribution in [0.1, 0.15) is 12.5 Å². The average Bonchev–Trinajstić information content (AvgIpc) is 2.54. The Kier molecular flexibility index (Phi) is 5.02. The predicted molar refractivity (Wildman–Crippen MR) is 92.0 cm³/mol. The maximum Gasteiger partial charge on any atom is 0.269 e. The van der Waals surface area contributed by atoms with E-state index in [2.05, 4.69) is 4.85 Å². The SMILES string of the molecule is [C-]#[N+]/C(C#N)=C1/C=C(C)OC(C=Cc2ccc(N(C)C)cc2)=C1. The van der Waals surface area contributed by atoms with Crippen LogP contribution < -0.4 is 4.90 Å². The Balaban J connectivity index is 2.24. The van der Waals surface area contributed by atoms with Gasteiger partial charge in [-0.3, -0.25) is 0 Å². The van der Waals surface area contributed by atoms with Crippen LogP contribution in [-0.2, 0) is 4.74 Å². The lowest BCUT2D eigenvalue weighted by atomic mass is 10.1. The van der Waals surface area contributed by atoms with E-state index >= 15 is 0 Å². The minimum absolute atomic E-state index is 0.0638. The van der Waals surface area contributed by atoms with Crippen molar-refractivity contribution < 1.29 is 4.74 Å². The molecule has 0 saturated heterocycles. The molecule has 0 fully saturated rings. The summed E-state index contributed by atoms with van der Waals surface area (Å²) in [6, 6.07) is 10.0. The highest BCUT2D eigenvalue weighted by Gasteiger charge is 2.10. The van der Waals surface area contributed by atoms with Gasteiger partial charge < -0.3 is 9.64 Å². The summed E-state index contributed by atoms with van der Waals surface area (Å²) in [7, 11) is 4.00. The number of hydrogen-bond donors (Lipinski definition) is 0. The van der Waals surface area contributed by atoms with Crippen molar-refractivity contribution in [3.05, 3.63) is 82.3 Å².